The zero-order valence-electron chi connectivity index (χ0n) is 13.8. The molecule has 138 valence electrons. The molecule has 6 nitrogen and oxygen atoms in total. The first-order valence-electron chi connectivity index (χ1n) is 8.12. The van der Waals surface area contributed by atoms with Gasteiger partial charge in [0.25, 0.3) is 5.91 Å². The van der Waals surface area contributed by atoms with Gasteiger partial charge in [-0.05, 0) is 31.0 Å². The fourth-order valence-corrected chi connectivity index (χ4v) is 2.69. The Hall–Kier alpha value is -2.84. The Balaban J connectivity index is 1.67. The number of ether oxygens (including phenoxy) is 1. The Morgan fingerprint density at radius 1 is 1.19 bits per heavy atom. The monoisotopic (exact) mass is 366 g/mol. The predicted octanol–water partition coefficient (Wildman–Crippen LogP) is 2.91. The quantitative estimate of drug-likeness (QED) is 0.881. The van der Waals surface area contributed by atoms with Crippen molar-refractivity contribution in [2.45, 2.75) is 25.7 Å². The van der Waals surface area contributed by atoms with Crippen molar-refractivity contribution in [1.29, 1.82) is 0 Å². The van der Waals surface area contributed by atoms with Crippen molar-refractivity contribution in [2.24, 2.45) is 0 Å². The van der Waals surface area contributed by atoms with Gasteiger partial charge in [-0.3, -0.25) is 4.79 Å². The number of hydrogen-bond acceptors (Lipinski definition) is 5. The van der Waals surface area contributed by atoms with Gasteiger partial charge in [0.1, 0.15) is 5.75 Å². The number of amides is 1. The van der Waals surface area contributed by atoms with Crippen molar-refractivity contribution in [3.8, 4) is 5.75 Å². The van der Waals surface area contributed by atoms with E-state index < -0.39 is 18.0 Å². The van der Waals surface area contributed by atoms with Crippen molar-refractivity contribution in [1.82, 2.24) is 15.3 Å². The van der Waals surface area contributed by atoms with E-state index in [9.17, 15) is 18.0 Å². The molecule has 0 spiro atoms. The average molecular weight is 366 g/mol. The van der Waals surface area contributed by atoms with Crippen LogP contribution >= 0.6 is 0 Å². The van der Waals surface area contributed by atoms with E-state index in [2.05, 4.69) is 24.9 Å². The van der Waals surface area contributed by atoms with E-state index in [0.29, 0.717) is 11.6 Å². The molecule has 1 aromatic heterocycles. The lowest BCUT2D eigenvalue weighted by Crippen LogP contribution is -2.26. The van der Waals surface area contributed by atoms with Crippen LogP contribution in [-0.2, 0) is 6.54 Å². The molecule has 2 aromatic rings. The van der Waals surface area contributed by atoms with Crippen LogP contribution in [-0.4, -0.2) is 35.3 Å². The van der Waals surface area contributed by atoms with Crippen LogP contribution < -0.4 is 15.0 Å². The number of nitrogens with one attached hydrogen (secondary N) is 1. The Labute approximate surface area is 148 Å². The van der Waals surface area contributed by atoms with Crippen LogP contribution in [0.5, 0.6) is 5.75 Å². The number of nitrogens with zero attached hydrogens (tertiary/aromatic N) is 3. The van der Waals surface area contributed by atoms with E-state index in [-0.39, 0.29) is 12.1 Å². The molecule has 0 unspecified atom stereocenters. The second-order valence-electron chi connectivity index (χ2n) is 5.77. The summed E-state index contributed by atoms with van der Waals surface area (Å²) in [6, 6.07) is 6.85. The molecule has 1 aliphatic heterocycles. The number of anilines is 1. The SMILES string of the molecule is O=C(NCc1ccnc(N2CCCC2)n1)c1ccccc1OC(F)(F)F. The number of carbonyl (C=O) groups is 1. The molecule has 3 rings (SSSR count). The van der Waals surface area contributed by atoms with Gasteiger partial charge in [-0.1, -0.05) is 12.1 Å². The second-order valence-corrected chi connectivity index (χ2v) is 5.77. The summed E-state index contributed by atoms with van der Waals surface area (Å²) in [6.07, 6.45) is -1.10. The largest absolute Gasteiger partial charge is 0.573 e. The fraction of sp³-hybridized carbons (Fsp3) is 0.353. The van der Waals surface area contributed by atoms with Crippen molar-refractivity contribution < 1.29 is 22.7 Å². The van der Waals surface area contributed by atoms with Crippen LogP contribution in [0.4, 0.5) is 19.1 Å². The molecular formula is C17H17F3N4O2. The Morgan fingerprint density at radius 3 is 2.65 bits per heavy atom. The number of hydrogen-bond donors (Lipinski definition) is 1. The summed E-state index contributed by atoms with van der Waals surface area (Å²) >= 11 is 0. The number of para-hydroxylation sites is 1. The lowest BCUT2D eigenvalue weighted by molar-refractivity contribution is -0.274. The fourth-order valence-electron chi connectivity index (χ4n) is 2.69. The smallest absolute Gasteiger partial charge is 0.405 e. The summed E-state index contributed by atoms with van der Waals surface area (Å²) in [5.74, 6) is -0.626. The van der Waals surface area contributed by atoms with Gasteiger partial charge in [-0.15, -0.1) is 13.2 Å². The molecular weight excluding hydrogens is 349 g/mol. The van der Waals surface area contributed by atoms with Crippen LogP contribution in [0.3, 0.4) is 0 Å². The maximum atomic E-state index is 12.5. The first kappa shape index (κ1) is 18.0. The lowest BCUT2D eigenvalue weighted by atomic mass is 10.2. The van der Waals surface area contributed by atoms with E-state index >= 15 is 0 Å². The van der Waals surface area contributed by atoms with Crippen LogP contribution in [0.25, 0.3) is 0 Å². The number of aromatic nitrogens is 2. The molecule has 0 saturated carbocycles. The van der Waals surface area contributed by atoms with Crippen LogP contribution in [0, 0.1) is 0 Å². The Morgan fingerprint density at radius 2 is 1.92 bits per heavy atom. The first-order valence-corrected chi connectivity index (χ1v) is 8.12. The third-order valence-electron chi connectivity index (χ3n) is 3.88. The number of alkyl halides is 3. The number of rotatable bonds is 5. The average Bonchev–Trinajstić information content (AvgIpc) is 3.14. The number of benzene rings is 1. The molecule has 0 bridgehead atoms. The maximum absolute atomic E-state index is 12.5. The molecule has 1 aliphatic rings. The maximum Gasteiger partial charge on any atom is 0.573 e. The molecule has 1 saturated heterocycles. The van der Waals surface area contributed by atoms with Crippen LogP contribution in [0.2, 0.25) is 0 Å². The Bertz CT molecular complexity index is 777. The molecule has 9 heteroatoms. The summed E-state index contributed by atoms with van der Waals surface area (Å²) in [5.41, 5.74) is 0.378. The molecule has 26 heavy (non-hydrogen) atoms. The van der Waals surface area contributed by atoms with Gasteiger partial charge >= 0.3 is 6.36 Å². The third kappa shape index (κ3) is 4.62. The topological polar surface area (TPSA) is 67.4 Å². The standard InChI is InChI=1S/C17H17F3N4O2/c18-17(19,20)26-14-6-2-1-5-13(14)15(25)22-11-12-7-8-21-16(23-12)24-9-3-4-10-24/h1-2,5-8H,3-4,9-11H2,(H,22,25). The minimum atomic E-state index is -4.87. The summed E-state index contributed by atoms with van der Waals surface area (Å²) in [6.45, 7) is 1.85. The molecule has 1 N–H and O–H groups in total. The van der Waals surface area contributed by atoms with Crippen LogP contribution in [0.15, 0.2) is 36.5 Å². The first-order chi connectivity index (χ1) is 12.4. The van der Waals surface area contributed by atoms with E-state index in [4.69, 9.17) is 0 Å². The highest BCUT2D eigenvalue weighted by atomic mass is 19.4. The van der Waals surface area contributed by atoms with E-state index in [1.807, 2.05) is 0 Å². The van der Waals surface area contributed by atoms with Crippen LogP contribution in [0.1, 0.15) is 28.9 Å². The van der Waals surface area contributed by atoms with Crippen molar-refractivity contribution in [3.05, 3.63) is 47.8 Å². The van der Waals surface area contributed by atoms with E-state index in [1.165, 1.54) is 18.2 Å². The van der Waals surface area contributed by atoms with Crippen molar-refractivity contribution >= 4 is 11.9 Å². The molecule has 1 aromatic carbocycles. The number of halogens is 3. The van der Waals surface area contributed by atoms with Gasteiger partial charge < -0.3 is 15.0 Å². The highest BCUT2D eigenvalue weighted by Gasteiger charge is 2.32. The molecule has 1 fully saturated rings. The third-order valence-corrected chi connectivity index (χ3v) is 3.88. The highest BCUT2D eigenvalue weighted by Crippen LogP contribution is 2.26. The summed E-state index contributed by atoms with van der Waals surface area (Å²) < 4.78 is 41.3. The van der Waals surface area contributed by atoms with Gasteiger partial charge in [0.05, 0.1) is 17.8 Å². The zero-order valence-corrected chi connectivity index (χ0v) is 13.8. The lowest BCUT2D eigenvalue weighted by Gasteiger charge is -2.16. The minimum Gasteiger partial charge on any atom is -0.405 e. The van der Waals surface area contributed by atoms with Gasteiger partial charge in [0.2, 0.25) is 5.95 Å². The van der Waals surface area contributed by atoms with E-state index in [0.717, 1.165) is 32.0 Å². The normalized spacial score (nSPS) is 14.3. The summed E-state index contributed by atoms with van der Waals surface area (Å²) in [7, 11) is 0. The molecule has 0 aliphatic carbocycles. The molecule has 0 atom stereocenters. The highest BCUT2D eigenvalue weighted by molar-refractivity contribution is 5.96. The van der Waals surface area contributed by atoms with Crippen molar-refractivity contribution in [2.75, 3.05) is 18.0 Å². The summed E-state index contributed by atoms with van der Waals surface area (Å²) in [4.78, 5) is 22.9. The van der Waals surface area contributed by atoms with Gasteiger partial charge in [0.15, 0.2) is 0 Å². The minimum absolute atomic E-state index is 0.0720. The van der Waals surface area contributed by atoms with Gasteiger partial charge in [0, 0.05) is 19.3 Å². The molecule has 1 amide bonds. The molecule has 2 heterocycles. The number of carbonyl (C=O) groups excluding carboxylic acids is 1. The van der Waals surface area contributed by atoms with Gasteiger partial charge in [-0.25, -0.2) is 9.97 Å². The molecule has 0 radical (unpaired) electrons. The summed E-state index contributed by atoms with van der Waals surface area (Å²) in [5, 5.41) is 2.56. The van der Waals surface area contributed by atoms with Gasteiger partial charge in [-0.2, -0.15) is 0 Å². The second kappa shape index (κ2) is 7.59. The Kier molecular flexibility index (Phi) is 5.24. The van der Waals surface area contributed by atoms with E-state index in [1.54, 1.807) is 12.3 Å². The zero-order chi connectivity index (χ0) is 18.6. The van der Waals surface area contributed by atoms with Crippen molar-refractivity contribution in [3.63, 3.8) is 0 Å². The predicted molar refractivity (Wildman–Crippen MR) is 87.8 cm³/mol.